The van der Waals surface area contributed by atoms with Gasteiger partial charge in [-0.1, -0.05) is 6.07 Å². The zero-order chi connectivity index (χ0) is 20.8. The number of piperidine rings is 1. The van der Waals surface area contributed by atoms with Gasteiger partial charge in [0, 0.05) is 23.5 Å². The van der Waals surface area contributed by atoms with E-state index in [1.54, 1.807) is 16.2 Å². The van der Waals surface area contributed by atoms with Gasteiger partial charge in [0.05, 0.1) is 12.0 Å². The van der Waals surface area contributed by atoms with Gasteiger partial charge in [0.2, 0.25) is 0 Å². The minimum Gasteiger partial charge on any atom is -0.455 e. The van der Waals surface area contributed by atoms with Crippen LogP contribution in [0.2, 0.25) is 0 Å². The van der Waals surface area contributed by atoms with Crippen molar-refractivity contribution in [2.24, 2.45) is 5.92 Å². The van der Waals surface area contributed by atoms with Crippen molar-refractivity contribution in [1.29, 1.82) is 0 Å². The van der Waals surface area contributed by atoms with E-state index in [4.69, 9.17) is 4.74 Å². The van der Waals surface area contributed by atoms with Crippen LogP contribution in [0.5, 0.6) is 0 Å². The summed E-state index contributed by atoms with van der Waals surface area (Å²) in [4.78, 5) is 39.4. The molecule has 0 aliphatic carbocycles. The molecule has 0 radical (unpaired) electrons. The van der Waals surface area contributed by atoms with Crippen molar-refractivity contribution in [2.75, 3.05) is 19.7 Å². The fourth-order valence-corrected chi connectivity index (χ4v) is 3.97. The number of nitrogens with one attached hydrogen (secondary N) is 1. The summed E-state index contributed by atoms with van der Waals surface area (Å²) >= 11 is 1.55. The third kappa shape index (κ3) is 5.63. The van der Waals surface area contributed by atoms with Crippen molar-refractivity contribution < 1.29 is 23.5 Å². The molecule has 0 saturated carbocycles. The van der Waals surface area contributed by atoms with Crippen LogP contribution in [0.1, 0.15) is 41.0 Å². The Morgan fingerprint density at radius 2 is 1.90 bits per heavy atom. The number of amides is 2. The highest BCUT2D eigenvalue weighted by Gasteiger charge is 2.29. The average molecular weight is 418 g/mol. The summed E-state index contributed by atoms with van der Waals surface area (Å²) in [6.45, 7) is 2.39. The van der Waals surface area contributed by atoms with Crippen LogP contribution in [0.15, 0.2) is 41.8 Å². The van der Waals surface area contributed by atoms with Crippen molar-refractivity contribution in [3.05, 3.63) is 58.0 Å². The fourth-order valence-electron chi connectivity index (χ4n) is 3.24. The molecular formula is C21H23FN2O4S. The Bertz CT molecular complexity index is 846. The van der Waals surface area contributed by atoms with Gasteiger partial charge in [-0.3, -0.25) is 14.4 Å². The van der Waals surface area contributed by atoms with Gasteiger partial charge in [-0.2, -0.15) is 0 Å². The first-order valence-corrected chi connectivity index (χ1v) is 10.4. The number of carbonyl (C=O) groups excluding carboxylic acids is 3. The number of rotatable bonds is 6. The summed E-state index contributed by atoms with van der Waals surface area (Å²) in [6.07, 6.45) is 0.942. The van der Waals surface area contributed by atoms with Gasteiger partial charge in [-0.15, -0.1) is 11.3 Å². The second-order valence-electron chi connectivity index (χ2n) is 6.99. The number of halogens is 1. The van der Waals surface area contributed by atoms with E-state index in [2.05, 4.69) is 5.32 Å². The Morgan fingerprint density at radius 3 is 2.52 bits per heavy atom. The summed E-state index contributed by atoms with van der Waals surface area (Å²) < 4.78 is 18.2. The molecule has 1 aromatic carbocycles. The predicted octanol–water partition coefficient (Wildman–Crippen LogP) is 3.16. The smallest absolute Gasteiger partial charge is 0.309 e. The molecule has 1 saturated heterocycles. The van der Waals surface area contributed by atoms with Crippen LogP contribution < -0.4 is 5.32 Å². The van der Waals surface area contributed by atoms with Crippen LogP contribution in [0, 0.1) is 11.7 Å². The number of hydrogen-bond acceptors (Lipinski definition) is 5. The SMILES string of the molecule is C[C@H](NC(=O)COC(=O)C1CCN(C(=O)c2ccc(F)cc2)CC1)c1cccs1. The van der Waals surface area contributed by atoms with Crippen LogP contribution in [-0.4, -0.2) is 42.4 Å². The van der Waals surface area contributed by atoms with Crippen molar-refractivity contribution >= 4 is 29.1 Å². The molecule has 6 nitrogen and oxygen atoms in total. The van der Waals surface area contributed by atoms with Crippen LogP contribution in [-0.2, 0) is 14.3 Å². The molecule has 1 atom stereocenters. The second-order valence-corrected chi connectivity index (χ2v) is 7.96. The largest absolute Gasteiger partial charge is 0.455 e. The highest BCUT2D eigenvalue weighted by Crippen LogP contribution is 2.21. The molecule has 154 valence electrons. The van der Waals surface area contributed by atoms with Gasteiger partial charge in [-0.05, 0) is 55.5 Å². The lowest BCUT2D eigenvalue weighted by atomic mass is 9.96. The number of thiophene rings is 1. The lowest BCUT2D eigenvalue weighted by Crippen LogP contribution is -2.41. The molecule has 2 amide bonds. The molecule has 29 heavy (non-hydrogen) atoms. The standard InChI is InChI=1S/C21H23FN2O4S/c1-14(18-3-2-12-29-18)23-19(25)13-28-21(27)16-8-10-24(11-9-16)20(26)15-4-6-17(22)7-5-15/h2-7,12,14,16H,8-11,13H2,1H3,(H,23,25)/t14-/m0/s1. The molecule has 1 fully saturated rings. The number of carbonyl (C=O) groups is 3. The topological polar surface area (TPSA) is 75.7 Å². The Balaban J connectivity index is 1.41. The first kappa shape index (κ1) is 21.0. The number of esters is 1. The number of benzene rings is 1. The molecule has 0 bridgehead atoms. The zero-order valence-corrected chi connectivity index (χ0v) is 16.9. The quantitative estimate of drug-likeness (QED) is 0.732. The Hall–Kier alpha value is -2.74. The molecule has 2 heterocycles. The Morgan fingerprint density at radius 1 is 1.21 bits per heavy atom. The third-order valence-electron chi connectivity index (χ3n) is 4.90. The average Bonchev–Trinajstić information content (AvgIpc) is 3.27. The van der Waals surface area contributed by atoms with E-state index in [1.807, 2.05) is 24.4 Å². The summed E-state index contributed by atoms with van der Waals surface area (Å²) in [5, 5.41) is 4.74. The summed E-state index contributed by atoms with van der Waals surface area (Å²) in [5.41, 5.74) is 0.420. The third-order valence-corrected chi connectivity index (χ3v) is 5.95. The number of likely N-dealkylation sites (tertiary alicyclic amines) is 1. The lowest BCUT2D eigenvalue weighted by Gasteiger charge is -2.31. The van der Waals surface area contributed by atoms with Gasteiger partial charge in [-0.25, -0.2) is 4.39 Å². The molecule has 0 unspecified atom stereocenters. The van der Waals surface area contributed by atoms with Crippen LogP contribution in [0.25, 0.3) is 0 Å². The summed E-state index contributed by atoms with van der Waals surface area (Å²) in [7, 11) is 0. The van der Waals surface area contributed by atoms with E-state index >= 15 is 0 Å². The number of hydrogen-bond donors (Lipinski definition) is 1. The van der Waals surface area contributed by atoms with E-state index in [0.717, 1.165) is 4.88 Å². The van der Waals surface area contributed by atoms with E-state index in [-0.39, 0.29) is 30.4 Å². The normalized spacial score (nSPS) is 15.6. The van der Waals surface area contributed by atoms with Gasteiger partial charge in [0.1, 0.15) is 5.82 Å². The lowest BCUT2D eigenvalue weighted by molar-refractivity contribution is -0.154. The minimum absolute atomic E-state index is 0.137. The first-order valence-electron chi connectivity index (χ1n) is 9.48. The molecular weight excluding hydrogens is 395 g/mol. The summed E-state index contributed by atoms with van der Waals surface area (Å²) in [5.74, 6) is -1.67. The second kappa shape index (κ2) is 9.65. The van der Waals surface area contributed by atoms with Crippen molar-refractivity contribution in [3.63, 3.8) is 0 Å². The minimum atomic E-state index is -0.419. The van der Waals surface area contributed by atoms with Gasteiger partial charge < -0.3 is 15.0 Å². The highest BCUT2D eigenvalue weighted by atomic mass is 32.1. The van der Waals surface area contributed by atoms with E-state index in [9.17, 15) is 18.8 Å². The van der Waals surface area contributed by atoms with Gasteiger partial charge in [0.25, 0.3) is 11.8 Å². The maximum Gasteiger partial charge on any atom is 0.309 e. The van der Waals surface area contributed by atoms with Crippen LogP contribution in [0.3, 0.4) is 0 Å². The predicted molar refractivity (Wildman–Crippen MR) is 107 cm³/mol. The Kier molecular flexibility index (Phi) is 6.98. The highest BCUT2D eigenvalue weighted by molar-refractivity contribution is 7.10. The maximum absolute atomic E-state index is 13.0. The van der Waals surface area contributed by atoms with Gasteiger partial charge >= 0.3 is 5.97 Å². The van der Waals surface area contributed by atoms with Crippen molar-refractivity contribution in [3.8, 4) is 0 Å². The molecule has 1 aromatic heterocycles. The van der Waals surface area contributed by atoms with Crippen LogP contribution >= 0.6 is 11.3 Å². The zero-order valence-electron chi connectivity index (χ0n) is 16.1. The molecule has 1 aliphatic heterocycles. The van der Waals surface area contributed by atoms with Gasteiger partial charge in [0.15, 0.2) is 6.61 Å². The molecule has 2 aromatic rings. The van der Waals surface area contributed by atoms with Crippen molar-refractivity contribution in [1.82, 2.24) is 10.2 Å². The summed E-state index contributed by atoms with van der Waals surface area (Å²) in [6, 6.07) is 9.12. The monoisotopic (exact) mass is 418 g/mol. The number of ether oxygens (including phenoxy) is 1. The molecule has 0 spiro atoms. The number of nitrogens with zero attached hydrogens (tertiary/aromatic N) is 1. The van der Waals surface area contributed by atoms with E-state index in [1.165, 1.54) is 24.3 Å². The van der Waals surface area contributed by atoms with Crippen molar-refractivity contribution in [2.45, 2.75) is 25.8 Å². The van der Waals surface area contributed by atoms with Crippen LogP contribution in [0.4, 0.5) is 4.39 Å². The maximum atomic E-state index is 13.0. The first-order chi connectivity index (χ1) is 13.9. The Labute approximate surface area is 172 Å². The molecule has 8 heteroatoms. The molecule has 3 rings (SSSR count). The van der Waals surface area contributed by atoms with E-state index in [0.29, 0.717) is 31.5 Å². The molecule has 1 aliphatic rings. The van der Waals surface area contributed by atoms with E-state index < -0.39 is 11.8 Å². The molecule has 1 N–H and O–H groups in total. The fraction of sp³-hybridized carbons (Fsp3) is 0.381.